The van der Waals surface area contributed by atoms with Crippen molar-refractivity contribution in [1.29, 1.82) is 0 Å². The molecular formula is C9H14F3NO2. The van der Waals surface area contributed by atoms with Crippen molar-refractivity contribution in [2.75, 3.05) is 13.2 Å². The molecule has 6 heteroatoms. The number of hydrogen-bond donors (Lipinski definition) is 1. The lowest BCUT2D eigenvalue weighted by Gasteiger charge is -2.12. The van der Waals surface area contributed by atoms with Gasteiger partial charge < -0.3 is 10.1 Å². The van der Waals surface area contributed by atoms with Crippen LogP contribution in [0.5, 0.6) is 0 Å². The van der Waals surface area contributed by atoms with E-state index in [1.807, 2.05) is 0 Å². The highest BCUT2D eigenvalue weighted by Crippen LogP contribution is 2.20. The molecule has 1 saturated carbocycles. The molecule has 1 N–H and O–H groups in total. The van der Waals surface area contributed by atoms with Crippen LogP contribution < -0.4 is 5.32 Å². The Morgan fingerprint density at radius 1 is 1.33 bits per heavy atom. The summed E-state index contributed by atoms with van der Waals surface area (Å²) in [6.45, 7) is 0.0569. The second-order valence-electron chi connectivity index (χ2n) is 3.53. The van der Waals surface area contributed by atoms with Crippen molar-refractivity contribution >= 4 is 5.91 Å². The number of ether oxygens (including phenoxy) is 1. The van der Waals surface area contributed by atoms with E-state index in [9.17, 15) is 18.0 Å². The summed E-state index contributed by atoms with van der Waals surface area (Å²) in [5.74, 6) is -1.91. The fraction of sp³-hybridized carbons (Fsp3) is 0.889. The van der Waals surface area contributed by atoms with Crippen molar-refractivity contribution in [1.82, 2.24) is 5.32 Å². The van der Waals surface area contributed by atoms with Crippen molar-refractivity contribution in [2.45, 2.75) is 38.0 Å². The number of rotatable bonds is 4. The van der Waals surface area contributed by atoms with Crippen LogP contribution in [0.15, 0.2) is 0 Å². The molecule has 1 aliphatic carbocycles. The van der Waals surface area contributed by atoms with E-state index in [4.69, 9.17) is 4.74 Å². The topological polar surface area (TPSA) is 38.3 Å². The van der Waals surface area contributed by atoms with E-state index >= 15 is 0 Å². The summed E-state index contributed by atoms with van der Waals surface area (Å²) in [5, 5.41) is 1.76. The third-order valence-corrected chi connectivity index (χ3v) is 2.30. The van der Waals surface area contributed by atoms with Crippen LogP contribution in [0.1, 0.15) is 25.7 Å². The summed E-state index contributed by atoms with van der Waals surface area (Å²) in [4.78, 5) is 10.4. The van der Waals surface area contributed by atoms with Crippen molar-refractivity contribution in [3.63, 3.8) is 0 Å². The lowest BCUT2D eigenvalue weighted by Crippen LogP contribution is -2.38. The summed E-state index contributed by atoms with van der Waals surface area (Å²) >= 11 is 0. The fourth-order valence-corrected chi connectivity index (χ4v) is 1.55. The molecule has 0 bridgehead atoms. The lowest BCUT2D eigenvalue weighted by molar-refractivity contribution is -0.173. The molecule has 0 aromatic rings. The summed E-state index contributed by atoms with van der Waals surface area (Å²) in [7, 11) is 0. The van der Waals surface area contributed by atoms with E-state index in [0.717, 1.165) is 25.7 Å². The number of halogens is 3. The summed E-state index contributed by atoms with van der Waals surface area (Å²) in [5.41, 5.74) is 0. The van der Waals surface area contributed by atoms with Crippen LogP contribution in [-0.4, -0.2) is 31.3 Å². The zero-order valence-corrected chi connectivity index (χ0v) is 8.27. The van der Waals surface area contributed by atoms with Crippen LogP contribution >= 0.6 is 0 Å². The Labute approximate surface area is 86.0 Å². The predicted molar refractivity (Wildman–Crippen MR) is 47.3 cm³/mol. The number of carbonyl (C=O) groups excluding carboxylic acids is 1. The van der Waals surface area contributed by atoms with Crippen molar-refractivity contribution in [2.24, 2.45) is 0 Å². The molecule has 0 unspecified atom stereocenters. The standard InChI is InChI=1S/C9H14F3NO2/c10-9(11,12)8(14)13-5-6-15-7-3-1-2-4-7/h7H,1-6H2,(H,13,14). The molecule has 1 fully saturated rings. The fourth-order valence-electron chi connectivity index (χ4n) is 1.55. The first-order valence-electron chi connectivity index (χ1n) is 4.97. The highest BCUT2D eigenvalue weighted by atomic mass is 19.4. The van der Waals surface area contributed by atoms with Gasteiger partial charge in [0, 0.05) is 6.54 Å². The van der Waals surface area contributed by atoms with Gasteiger partial charge in [0.2, 0.25) is 0 Å². The molecule has 0 aliphatic heterocycles. The Kier molecular flexibility index (Phi) is 4.38. The monoisotopic (exact) mass is 225 g/mol. The Balaban J connectivity index is 2.03. The van der Waals surface area contributed by atoms with E-state index in [0.29, 0.717) is 0 Å². The van der Waals surface area contributed by atoms with E-state index in [-0.39, 0.29) is 19.3 Å². The average molecular weight is 225 g/mol. The number of nitrogens with one attached hydrogen (secondary N) is 1. The zero-order chi connectivity index (χ0) is 11.3. The largest absolute Gasteiger partial charge is 0.471 e. The van der Waals surface area contributed by atoms with Gasteiger partial charge in [-0.05, 0) is 12.8 Å². The minimum Gasteiger partial charge on any atom is -0.376 e. The maximum Gasteiger partial charge on any atom is 0.471 e. The molecule has 15 heavy (non-hydrogen) atoms. The van der Waals surface area contributed by atoms with Gasteiger partial charge in [-0.15, -0.1) is 0 Å². The van der Waals surface area contributed by atoms with Gasteiger partial charge in [-0.3, -0.25) is 4.79 Å². The Morgan fingerprint density at radius 2 is 1.93 bits per heavy atom. The molecule has 1 amide bonds. The lowest BCUT2D eigenvalue weighted by atomic mass is 10.3. The summed E-state index contributed by atoms with van der Waals surface area (Å²) in [6.07, 6.45) is -0.486. The number of carbonyl (C=O) groups is 1. The van der Waals surface area contributed by atoms with Gasteiger partial charge >= 0.3 is 12.1 Å². The van der Waals surface area contributed by atoms with Gasteiger partial charge in [0.05, 0.1) is 12.7 Å². The first kappa shape index (κ1) is 12.3. The smallest absolute Gasteiger partial charge is 0.376 e. The van der Waals surface area contributed by atoms with Crippen LogP contribution in [0.25, 0.3) is 0 Å². The van der Waals surface area contributed by atoms with Gasteiger partial charge in [-0.25, -0.2) is 0 Å². The predicted octanol–water partition coefficient (Wildman–Crippen LogP) is 1.62. The van der Waals surface area contributed by atoms with E-state index < -0.39 is 12.1 Å². The van der Waals surface area contributed by atoms with Crippen molar-refractivity contribution in [3.05, 3.63) is 0 Å². The van der Waals surface area contributed by atoms with Crippen LogP contribution in [0.3, 0.4) is 0 Å². The molecule has 0 aromatic heterocycles. The Morgan fingerprint density at radius 3 is 2.47 bits per heavy atom. The van der Waals surface area contributed by atoms with Crippen LogP contribution in [0, 0.1) is 0 Å². The van der Waals surface area contributed by atoms with Gasteiger partial charge in [-0.1, -0.05) is 12.8 Å². The highest BCUT2D eigenvalue weighted by molar-refractivity contribution is 5.81. The number of alkyl halides is 3. The van der Waals surface area contributed by atoms with Gasteiger partial charge in [0.1, 0.15) is 0 Å². The molecule has 3 nitrogen and oxygen atoms in total. The SMILES string of the molecule is O=C(NCCOC1CCCC1)C(F)(F)F. The first-order valence-corrected chi connectivity index (χ1v) is 4.97. The Hall–Kier alpha value is -0.780. The molecule has 0 radical (unpaired) electrons. The third kappa shape index (κ3) is 4.51. The molecule has 1 aliphatic rings. The van der Waals surface area contributed by atoms with Crippen molar-refractivity contribution in [3.8, 4) is 0 Å². The van der Waals surface area contributed by atoms with E-state index in [1.54, 1.807) is 5.32 Å². The summed E-state index contributed by atoms with van der Waals surface area (Å²) < 4.78 is 40.5. The van der Waals surface area contributed by atoms with Crippen LogP contribution in [-0.2, 0) is 9.53 Å². The minimum atomic E-state index is -4.80. The quantitative estimate of drug-likeness (QED) is 0.738. The molecular weight excluding hydrogens is 211 g/mol. The first-order chi connectivity index (χ1) is 7.00. The molecule has 0 aromatic carbocycles. The molecule has 0 saturated heterocycles. The zero-order valence-electron chi connectivity index (χ0n) is 8.27. The second-order valence-corrected chi connectivity index (χ2v) is 3.53. The van der Waals surface area contributed by atoms with Gasteiger partial charge in [0.15, 0.2) is 0 Å². The van der Waals surface area contributed by atoms with Gasteiger partial charge in [0.25, 0.3) is 0 Å². The van der Waals surface area contributed by atoms with Gasteiger partial charge in [-0.2, -0.15) is 13.2 Å². The van der Waals surface area contributed by atoms with Crippen LogP contribution in [0.4, 0.5) is 13.2 Å². The molecule has 88 valence electrons. The number of hydrogen-bond acceptors (Lipinski definition) is 2. The third-order valence-electron chi connectivity index (χ3n) is 2.30. The second kappa shape index (κ2) is 5.34. The van der Waals surface area contributed by atoms with E-state index in [1.165, 1.54) is 0 Å². The highest BCUT2D eigenvalue weighted by Gasteiger charge is 2.38. The van der Waals surface area contributed by atoms with E-state index in [2.05, 4.69) is 0 Å². The van der Waals surface area contributed by atoms with Crippen molar-refractivity contribution < 1.29 is 22.7 Å². The molecule has 0 heterocycles. The number of amides is 1. The molecule has 1 rings (SSSR count). The van der Waals surface area contributed by atoms with Crippen LogP contribution in [0.2, 0.25) is 0 Å². The maximum absolute atomic E-state index is 11.7. The molecule has 0 atom stereocenters. The maximum atomic E-state index is 11.7. The molecule has 0 spiro atoms. The minimum absolute atomic E-state index is 0.0884. The normalized spacial score (nSPS) is 18.1. The Bertz CT molecular complexity index is 212. The average Bonchev–Trinajstić information content (AvgIpc) is 2.63. The summed E-state index contributed by atoms with van der Waals surface area (Å²) in [6, 6.07) is 0.